The lowest BCUT2D eigenvalue weighted by Gasteiger charge is -2.35. The van der Waals surface area contributed by atoms with Crippen molar-refractivity contribution < 1.29 is 19.8 Å². The van der Waals surface area contributed by atoms with Crippen molar-refractivity contribution in [1.82, 2.24) is 10.6 Å². The highest BCUT2D eigenvalue weighted by Crippen LogP contribution is 2.30. The second-order valence-corrected chi connectivity index (χ2v) is 6.20. The van der Waals surface area contributed by atoms with E-state index >= 15 is 0 Å². The highest BCUT2D eigenvalue weighted by molar-refractivity contribution is 5.79. The zero-order valence-electron chi connectivity index (χ0n) is 12.5. The van der Waals surface area contributed by atoms with E-state index in [2.05, 4.69) is 24.5 Å². The summed E-state index contributed by atoms with van der Waals surface area (Å²) in [5.74, 6) is -0.396. The minimum atomic E-state index is -1.94. The lowest BCUT2D eigenvalue weighted by Crippen LogP contribution is -2.52. The number of rotatable bonds is 5. The molecule has 0 aliphatic heterocycles. The van der Waals surface area contributed by atoms with Crippen LogP contribution >= 0.6 is 0 Å². The molecule has 3 unspecified atom stereocenters. The largest absolute Gasteiger partial charge is 0.479 e. The summed E-state index contributed by atoms with van der Waals surface area (Å²) < 4.78 is 0. The van der Waals surface area contributed by atoms with Crippen molar-refractivity contribution in [2.24, 2.45) is 11.8 Å². The standard InChI is InChI=1S/C14H26N2O4/c1-9(2)10-6-4-5-7-11(10)16-13(19)15-8-14(3,20)12(17)18/h9-11,20H,4-8H2,1-3H3,(H,17,18)(H2,15,16,19). The normalized spacial score (nSPS) is 25.9. The molecule has 6 nitrogen and oxygen atoms in total. The van der Waals surface area contributed by atoms with E-state index in [-0.39, 0.29) is 12.6 Å². The summed E-state index contributed by atoms with van der Waals surface area (Å²) >= 11 is 0. The van der Waals surface area contributed by atoms with Crippen LogP contribution in [0.2, 0.25) is 0 Å². The number of hydrogen-bond donors (Lipinski definition) is 4. The van der Waals surface area contributed by atoms with E-state index in [0.717, 1.165) is 26.2 Å². The van der Waals surface area contributed by atoms with E-state index in [0.29, 0.717) is 11.8 Å². The van der Waals surface area contributed by atoms with Crippen LogP contribution in [-0.4, -0.2) is 40.4 Å². The van der Waals surface area contributed by atoms with Gasteiger partial charge in [0.2, 0.25) is 0 Å². The number of amides is 2. The molecule has 1 aliphatic carbocycles. The lowest BCUT2D eigenvalue weighted by atomic mass is 9.78. The number of urea groups is 1. The Hall–Kier alpha value is -1.30. The molecule has 4 N–H and O–H groups in total. The zero-order chi connectivity index (χ0) is 15.3. The first kappa shape index (κ1) is 16.8. The van der Waals surface area contributed by atoms with Crippen molar-refractivity contribution in [1.29, 1.82) is 0 Å². The summed E-state index contributed by atoms with van der Waals surface area (Å²) in [5.41, 5.74) is -1.94. The van der Waals surface area contributed by atoms with Crippen LogP contribution < -0.4 is 10.6 Å². The Labute approximate surface area is 119 Å². The van der Waals surface area contributed by atoms with Gasteiger partial charge in [-0.25, -0.2) is 9.59 Å². The van der Waals surface area contributed by atoms with E-state index in [1.165, 1.54) is 6.42 Å². The molecule has 116 valence electrons. The molecule has 1 fully saturated rings. The van der Waals surface area contributed by atoms with Gasteiger partial charge in [0, 0.05) is 6.04 Å². The Balaban J connectivity index is 2.46. The first-order chi connectivity index (χ1) is 9.24. The number of hydrogen-bond acceptors (Lipinski definition) is 3. The molecular weight excluding hydrogens is 260 g/mol. The number of carboxylic acid groups (broad SMARTS) is 1. The Bertz CT molecular complexity index is 355. The molecule has 0 heterocycles. The van der Waals surface area contributed by atoms with E-state index in [9.17, 15) is 14.7 Å². The van der Waals surface area contributed by atoms with Crippen LogP contribution in [-0.2, 0) is 4.79 Å². The van der Waals surface area contributed by atoms with Gasteiger partial charge in [-0.1, -0.05) is 26.7 Å². The summed E-state index contributed by atoms with van der Waals surface area (Å²) in [6, 6.07) is -0.289. The molecule has 0 radical (unpaired) electrons. The third-order valence-electron chi connectivity index (χ3n) is 4.05. The van der Waals surface area contributed by atoms with Crippen molar-refractivity contribution >= 4 is 12.0 Å². The molecule has 0 aromatic carbocycles. The third kappa shape index (κ3) is 4.67. The van der Waals surface area contributed by atoms with E-state index in [1.807, 2.05) is 0 Å². The second-order valence-electron chi connectivity index (χ2n) is 6.20. The SMILES string of the molecule is CC(C)C1CCCCC1NC(=O)NCC(C)(O)C(=O)O. The molecule has 2 amide bonds. The predicted octanol–water partition coefficient (Wildman–Crippen LogP) is 1.34. The van der Waals surface area contributed by atoms with Crippen molar-refractivity contribution in [2.45, 2.75) is 58.1 Å². The van der Waals surface area contributed by atoms with Crippen LogP contribution in [0.5, 0.6) is 0 Å². The van der Waals surface area contributed by atoms with Gasteiger partial charge in [0.25, 0.3) is 0 Å². The lowest BCUT2D eigenvalue weighted by molar-refractivity contribution is -0.155. The number of nitrogens with one attached hydrogen (secondary N) is 2. The van der Waals surface area contributed by atoms with Gasteiger partial charge in [-0.3, -0.25) is 0 Å². The molecule has 0 aromatic heterocycles. The summed E-state index contributed by atoms with van der Waals surface area (Å²) in [5, 5.41) is 23.7. The molecule has 1 rings (SSSR count). The van der Waals surface area contributed by atoms with Gasteiger partial charge in [0.15, 0.2) is 5.60 Å². The predicted molar refractivity (Wildman–Crippen MR) is 75.4 cm³/mol. The minimum absolute atomic E-state index is 0.124. The first-order valence-corrected chi connectivity index (χ1v) is 7.24. The molecule has 3 atom stereocenters. The van der Waals surface area contributed by atoms with Crippen LogP contribution in [0, 0.1) is 11.8 Å². The average Bonchev–Trinajstić information content (AvgIpc) is 2.36. The number of carbonyl (C=O) groups is 2. The summed E-state index contributed by atoms with van der Waals surface area (Å²) in [4.78, 5) is 22.6. The molecule has 1 saturated carbocycles. The van der Waals surface area contributed by atoms with Crippen molar-refractivity contribution in [3.63, 3.8) is 0 Å². The molecule has 0 aromatic rings. The van der Waals surface area contributed by atoms with Gasteiger partial charge >= 0.3 is 12.0 Å². The van der Waals surface area contributed by atoms with Gasteiger partial charge < -0.3 is 20.8 Å². The first-order valence-electron chi connectivity index (χ1n) is 7.24. The third-order valence-corrected chi connectivity index (χ3v) is 4.05. The second kappa shape index (κ2) is 6.92. The Morgan fingerprint density at radius 3 is 2.45 bits per heavy atom. The van der Waals surface area contributed by atoms with Crippen LogP contribution in [0.25, 0.3) is 0 Å². The van der Waals surface area contributed by atoms with E-state index in [4.69, 9.17) is 5.11 Å². The van der Waals surface area contributed by atoms with Gasteiger partial charge in [-0.15, -0.1) is 0 Å². The smallest absolute Gasteiger partial charge is 0.337 e. The zero-order valence-corrected chi connectivity index (χ0v) is 12.5. The van der Waals surface area contributed by atoms with Crippen LogP contribution in [0.4, 0.5) is 4.79 Å². The topological polar surface area (TPSA) is 98.7 Å². The number of carbonyl (C=O) groups excluding carboxylic acids is 1. The number of aliphatic carboxylic acids is 1. The molecular formula is C14H26N2O4. The van der Waals surface area contributed by atoms with Gasteiger partial charge in [0.05, 0.1) is 6.54 Å². The quantitative estimate of drug-likeness (QED) is 0.613. The molecule has 1 aliphatic rings. The van der Waals surface area contributed by atoms with E-state index < -0.39 is 17.6 Å². The number of aliphatic hydroxyl groups is 1. The van der Waals surface area contributed by atoms with Crippen molar-refractivity contribution in [2.75, 3.05) is 6.54 Å². The van der Waals surface area contributed by atoms with Crippen LogP contribution in [0.3, 0.4) is 0 Å². The Kier molecular flexibility index (Phi) is 5.80. The molecule has 0 saturated heterocycles. The summed E-state index contributed by atoms with van der Waals surface area (Å²) in [6.07, 6.45) is 4.35. The van der Waals surface area contributed by atoms with Crippen molar-refractivity contribution in [3.8, 4) is 0 Å². The van der Waals surface area contributed by atoms with Crippen LogP contribution in [0.15, 0.2) is 0 Å². The summed E-state index contributed by atoms with van der Waals surface area (Å²) in [7, 11) is 0. The molecule has 20 heavy (non-hydrogen) atoms. The fourth-order valence-electron chi connectivity index (χ4n) is 2.68. The van der Waals surface area contributed by atoms with Gasteiger partial charge in [0.1, 0.15) is 0 Å². The number of carboxylic acids is 1. The maximum atomic E-state index is 11.8. The maximum absolute atomic E-state index is 11.8. The minimum Gasteiger partial charge on any atom is -0.479 e. The van der Waals surface area contributed by atoms with Gasteiger partial charge in [-0.2, -0.15) is 0 Å². The van der Waals surface area contributed by atoms with Crippen molar-refractivity contribution in [3.05, 3.63) is 0 Å². The maximum Gasteiger partial charge on any atom is 0.337 e. The Morgan fingerprint density at radius 1 is 1.30 bits per heavy atom. The highest BCUT2D eigenvalue weighted by Gasteiger charge is 2.32. The molecule has 6 heteroatoms. The summed E-state index contributed by atoms with van der Waals surface area (Å²) in [6.45, 7) is 5.15. The fraction of sp³-hybridized carbons (Fsp3) is 0.857. The van der Waals surface area contributed by atoms with Gasteiger partial charge in [-0.05, 0) is 31.6 Å². The molecule has 0 spiro atoms. The molecule has 0 bridgehead atoms. The van der Waals surface area contributed by atoms with Crippen LogP contribution in [0.1, 0.15) is 46.5 Å². The fourth-order valence-corrected chi connectivity index (χ4v) is 2.68. The Morgan fingerprint density at radius 2 is 1.90 bits per heavy atom. The average molecular weight is 286 g/mol. The monoisotopic (exact) mass is 286 g/mol. The highest BCUT2D eigenvalue weighted by atomic mass is 16.4. The van der Waals surface area contributed by atoms with E-state index in [1.54, 1.807) is 0 Å².